The molecular weight excluding hydrogens is 729 g/mol. The molecule has 0 aliphatic carbocycles. The van der Waals surface area contributed by atoms with Crippen molar-refractivity contribution in [3.05, 3.63) is 42.5 Å². The summed E-state index contributed by atoms with van der Waals surface area (Å²) in [5.41, 5.74) is 3.84. The third kappa shape index (κ3) is 9.21. The van der Waals surface area contributed by atoms with Gasteiger partial charge in [-0.1, -0.05) is 76.3 Å². The third-order valence-electron chi connectivity index (χ3n) is 5.27. The molecule has 0 saturated heterocycles. The van der Waals surface area contributed by atoms with Crippen molar-refractivity contribution in [2.24, 2.45) is 0 Å². The molecule has 1 aliphatic rings. The number of para-hydroxylation sites is 1. The number of anilines is 3. The van der Waals surface area contributed by atoms with Gasteiger partial charge in [-0.05, 0) is 43.2 Å². The van der Waals surface area contributed by atoms with Crippen molar-refractivity contribution in [3.8, 4) is 0 Å². The van der Waals surface area contributed by atoms with E-state index in [4.69, 9.17) is 0 Å². The summed E-state index contributed by atoms with van der Waals surface area (Å²) in [5.74, 6) is 0. The molecule has 2 aromatic rings. The Morgan fingerprint density at radius 1 is 0.700 bits per heavy atom. The van der Waals surface area contributed by atoms with Crippen molar-refractivity contribution >= 4 is 101 Å². The Hall–Kier alpha value is 0.580. The first-order chi connectivity index (χ1) is 13.3. The summed E-state index contributed by atoms with van der Waals surface area (Å²) in [7, 11) is 0. The number of nitrogens with zero attached hydrogens (tertiary/aromatic N) is 1. The van der Waals surface area contributed by atoms with E-state index in [0.29, 0.717) is 0 Å². The van der Waals surface area contributed by atoms with Gasteiger partial charge in [0.05, 0.1) is 11.4 Å². The van der Waals surface area contributed by atoms with Gasteiger partial charge >= 0.3 is 0 Å². The Morgan fingerprint density at radius 2 is 1.30 bits per heavy atom. The van der Waals surface area contributed by atoms with E-state index in [1.165, 1.54) is 91.3 Å². The fourth-order valence-corrected chi connectivity index (χ4v) is 4.67. The molecule has 0 amide bonds. The van der Waals surface area contributed by atoms with Crippen LogP contribution in [0.3, 0.4) is 0 Å². The van der Waals surface area contributed by atoms with Gasteiger partial charge in [0.25, 0.3) is 0 Å². The Balaban J connectivity index is 0.00000280. The van der Waals surface area contributed by atoms with Crippen LogP contribution >= 0.6 is 83.7 Å². The van der Waals surface area contributed by atoms with Crippen molar-refractivity contribution in [1.82, 2.24) is 0 Å². The highest BCUT2D eigenvalue weighted by atomic mass is 127. The van der Waals surface area contributed by atoms with Gasteiger partial charge in [0.1, 0.15) is 0 Å². The van der Waals surface area contributed by atoms with Crippen LogP contribution in [-0.2, 0) is 0 Å². The molecule has 0 spiro atoms. The van der Waals surface area contributed by atoms with Crippen LogP contribution in [0.15, 0.2) is 52.3 Å². The highest BCUT2D eigenvalue weighted by Gasteiger charge is 2.17. The Kier molecular flexibility index (Phi) is 17.4. The van der Waals surface area contributed by atoms with E-state index in [1.807, 2.05) is 11.8 Å². The highest BCUT2D eigenvalue weighted by Crippen LogP contribution is 2.45. The maximum atomic E-state index is 3.59. The minimum Gasteiger partial charge on any atom is -0.372 e. The summed E-state index contributed by atoms with van der Waals surface area (Å²) < 4.78 is 0. The first-order valence-corrected chi connectivity index (χ1v) is 11.6. The van der Waals surface area contributed by atoms with Crippen LogP contribution in [0.4, 0.5) is 17.1 Å². The molecule has 1 heterocycles. The fourth-order valence-electron chi connectivity index (χ4n) is 3.65. The first kappa shape index (κ1) is 30.6. The normalized spacial score (nSPS) is 11.0. The lowest BCUT2D eigenvalue weighted by molar-refractivity contribution is 0.608. The largest absolute Gasteiger partial charge is 0.372 e. The molecule has 3 rings (SSSR count). The number of halogens is 3. The van der Waals surface area contributed by atoms with Gasteiger partial charge < -0.3 is 10.2 Å². The highest BCUT2D eigenvalue weighted by molar-refractivity contribution is 14.0. The summed E-state index contributed by atoms with van der Waals surface area (Å²) in [5, 5.41) is 3.59. The van der Waals surface area contributed by atoms with E-state index in [-0.39, 0.29) is 71.9 Å². The lowest BCUT2D eigenvalue weighted by atomic mass is 10.1. The second kappa shape index (κ2) is 17.1. The molecule has 1 aliphatic heterocycles. The second-order valence-corrected chi connectivity index (χ2v) is 8.60. The number of fused-ring (bicyclic) bond motifs is 2. The quantitative estimate of drug-likeness (QED) is 0.155. The van der Waals surface area contributed by atoms with E-state index in [9.17, 15) is 0 Å². The monoisotopic (exact) mass is 766 g/mol. The van der Waals surface area contributed by atoms with Crippen LogP contribution in [0.5, 0.6) is 0 Å². The fraction of sp³-hybridized carbons (Fsp3) is 0.500. The van der Waals surface area contributed by atoms with Crippen LogP contribution in [0.2, 0.25) is 0 Å². The predicted molar refractivity (Wildman–Crippen MR) is 167 cm³/mol. The summed E-state index contributed by atoms with van der Waals surface area (Å²) in [4.78, 5) is 5.28. The van der Waals surface area contributed by atoms with E-state index < -0.39 is 0 Å². The van der Waals surface area contributed by atoms with Gasteiger partial charge in [0.15, 0.2) is 0 Å². The van der Waals surface area contributed by atoms with Crippen molar-refractivity contribution in [2.75, 3.05) is 23.3 Å². The predicted octanol–water partition coefficient (Wildman–Crippen LogP) is 9.72. The maximum Gasteiger partial charge on any atom is 0.0527 e. The Morgan fingerprint density at radius 3 is 1.93 bits per heavy atom. The zero-order chi connectivity index (χ0) is 18.9. The van der Waals surface area contributed by atoms with E-state index >= 15 is 0 Å². The number of hydrogen-bond acceptors (Lipinski definition) is 3. The molecular formula is C24H37I3N2S. The van der Waals surface area contributed by atoms with Crippen molar-refractivity contribution in [1.29, 1.82) is 0 Å². The minimum absolute atomic E-state index is 0. The number of benzene rings is 2. The van der Waals surface area contributed by atoms with E-state index in [2.05, 4.69) is 66.5 Å². The van der Waals surface area contributed by atoms with Gasteiger partial charge in [-0.3, -0.25) is 0 Å². The summed E-state index contributed by atoms with van der Waals surface area (Å²) in [6.07, 6.45) is 10.6. The molecule has 1 N–H and O–H groups in total. The molecule has 0 atom stereocenters. The Labute approximate surface area is 239 Å². The maximum absolute atomic E-state index is 3.59. The second-order valence-electron chi connectivity index (χ2n) is 7.51. The molecule has 2 nitrogen and oxygen atoms in total. The van der Waals surface area contributed by atoms with E-state index in [0.717, 1.165) is 0 Å². The molecule has 2 aromatic carbocycles. The molecule has 0 saturated carbocycles. The van der Waals surface area contributed by atoms with Crippen molar-refractivity contribution in [3.63, 3.8) is 0 Å². The zero-order valence-electron chi connectivity index (χ0n) is 18.2. The van der Waals surface area contributed by atoms with Crippen LogP contribution in [0, 0.1) is 0 Å². The van der Waals surface area contributed by atoms with Gasteiger partial charge in [0.2, 0.25) is 0 Å². The Bertz CT molecular complexity index is 715. The van der Waals surface area contributed by atoms with Crippen molar-refractivity contribution < 1.29 is 0 Å². The van der Waals surface area contributed by atoms with Gasteiger partial charge in [-0.25, -0.2) is 0 Å². The lowest BCUT2D eigenvalue weighted by Gasteiger charge is -2.28. The standard InChI is InChI=1S/C24H34N2S.3HI/c1-3-5-7-11-17-26(18-12-8-6-4-2)20-15-16-22-24(19-20)27-23-14-10-9-13-21(23)25-22;;;/h9-10,13-16,19,25H,3-8,11-12,17-18H2,1-2H3;3*1H. The number of unbranched alkanes of at least 4 members (excludes halogenated alkanes) is 6. The summed E-state index contributed by atoms with van der Waals surface area (Å²) >= 11 is 1.89. The molecule has 0 bridgehead atoms. The summed E-state index contributed by atoms with van der Waals surface area (Å²) in [6, 6.07) is 15.5. The van der Waals surface area contributed by atoms with Crippen LogP contribution in [0.1, 0.15) is 65.2 Å². The average Bonchev–Trinajstić information content (AvgIpc) is 2.70. The molecule has 170 valence electrons. The molecule has 30 heavy (non-hydrogen) atoms. The van der Waals surface area contributed by atoms with E-state index in [1.54, 1.807) is 0 Å². The molecule has 0 radical (unpaired) electrons. The zero-order valence-corrected chi connectivity index (χ0v) is 26.0. The first-order valence-electron chi connectivity index (χ1n) is 10.7. The molecule has 0 fully saturated rings. The third-order valence-corrected chi connectivity index (χ3v) is 6.40. The molecule has 0 aromatic heterocycles. The number of hydrogen-bond donors (Lipinski definition) is 1. The number of nitrogens with one attached hydrogen (secondary N) is 1. The minimum atomic E-state index is 0. The van der Waals surface area contributed by atoms with Crippen molar-refractivity contribution in [2.45, 2.75) is 75.0 Å². The number of rotatable bonds is 11. The lowest BCUT2D eigenvalue weighted by Crippen LogP contribution is -2.25. The van der Waals surface area contributed by atoms with Crippen LogP contribution in [-0.4, -0.2) is 13.1 Å². The van der Waals surface area contributed by atoms with Crippen LogP contribution in [0.25, 0.3) is 0 Å². The summed E-state index contributed by atoms with van der Waals surface area (Å²) in [6.45, 7) is 6.93. The molecule has 0 unspecified atom stereocenters. The van der Waals surface area contributed by atoms with Gasteiger partial charge in [0, 0.05) is 28.6 Å². The average molecular weight is 766 g/mol. The van der Waals surface area contributed by atoms with Gasteiger partial charge in [-0.2, -0.15) is 0 Å². The smallest absolute Gasteiger partial charge is 0.0527 e. The topological polar surface area (TPSA) is 15.3 Å². The molecule has 6 heteroatoms. The van der Waals surface area contributed by atoms with Gasteiger partial charge in [-0.15, -0.1) is 71.9 Å². The van der Waals surface area contributed by atoms with Crippen LogP contribution < -0.4 is 10.2 Å². The SMILES string of the molecule is CCCCCCN(CCCCCC)c1ccc2c(c1)Sc1ccccc1N2.I.I.I.